The van der Waals surface area contributed by atoms with Crippen molar-refractivity contribution in [3.05, 3.63) is 5.01 Å². The summed E-state index contributed by atoms with van der Waals surface area (Å²) in [5.74, 6) is -0.0938. The fraction of sp³-hybridized carbons (Fsp3) is 0.667. The Bertz CT molecular complexity index is 346. The van der Waals surface area contributed by atoms with E-state index in [4.69, 9.17) is 5.73 Å². The monoisotopic (exact) mass is 228 g/mol. The van der Waals surface area contributed by atoms with E-state index in [1.807, 2.05) is 20.8 Å². The summed E-state index contributed by atoms with van der Waals surface area (Å²) in [4.78, 5) is 11.9. The van der Waals surface area contributed by atoms with E-state index in [0.29, 0.717) is 18.1 Å². The van der Waals surface area contributed by atoms with Gasteiger partial charge in [0.05, 0.1) is 5.41 Å². The quantitative estimate of drug-likeness (QED) is 0.810. The number of nitrogens with zero attached hydrogens (tertiary/aromatic N) is 2. The number of aryl methyl sites for hydroxylation is 1. The van der Waals surface area contributed by atoms with Crippen molar-refractivity contribution >= 4 is 22.4 Å². The van der Waals surface area contributed by atoms with Crippen molar-refractivity contribution < 1.29 is 4.79 Å². The van der Waals surface area contributed by atoms with Crippen LogP contribution in [0.3, 0.4) is 0 Å². The van der Waals surface area contributed by atoms with Crippen LogP contribution in [0.4, 0.5) is 5.13 Å². The molecule has 0 saturated heterocycles. The van der Waals surface area contributed by atoms with Crippen molar-refractivity contribution in [2.45, 2.75) is 27.2 Å². The molecule has 1 atom stereocenters. The van der Waals surface area contributed by atoms with Gasteiger partial charge in [0.1, 0.15) is 5.01 Å². The van der Waals surface area contributed by atoms with Crippen LogP contribution in [0.5, 0.6) is 0 Å². The van der Waals surface area contributed by atoms with Gasteiger partial charge < -0.3 is 11.1 Å². The highest BCUT2D eigenvalue weighted by atomic mass is 32.1. The van der Waals surface area contributed by atoms with Gasteiger partial charge in [-0.1, -0.05) is 18.3 Å². The van der Waals surface area contributed by atoms with Gasteiger partial charge in [0.15, 0.2) is 0 Å². The lowest BCUT2D eigenvalue weighted by Crippen LogP contribution is -2.39. The molecule has 84 valence electrons. The standard InChI is InChI=1S/C9H16N4OS/c1-4-9(3,5-10)7(14)11-8-13-12-6(2)15-8/h4-5,10H2,1-3H3,(H,11,13,14). The number of amides is 1. The Labute approximate surface area is 93.1 Å². The highest BCUT2D eigenvalue weighted by molar-refractivity contribution is 7.15. The third-order valence-corrected chi connectivity index (χ3v) is 3.28. The number of carbonyl (C=O) groups is 1. The first-order chi connectivity index (χ1) is 7.01. The van der Waals surface area contributed by atoms with E-state index >= 15 is 0 Å². The Balaban J connectivity index is 2.70. The van der Waals surface area contributed by atoms with Gasteiger partial charge in [0, 0.05) is 6.54 Å². The molecule has 1 aromatic rings. The lowest BCUT2D eigenvalue weighted by molar-refractivity contribution is -0.124. The van der Waals surface area contributed by atoms with E-state index in [1.165, 1.54) is 11.3 Å². The fourth-order valence-electron chi connectivity index (χ4n) is 0.993. The zero-order valence-corrected chi connectivity index (χ0v) is 10.0. The van der Waals surface area contributed by atoms with Crippen molar-refractivity contribution in [1.29, 1.82) is 0 Å². The molecule has 0 aliphatic heterocycles. The molecule has 0 aromatic carbocycles. The van der Waals surface area contributed by atoms with Gasteiger partial charge in [-0.25, -0.2) is 0 Å². The molecule has 0 saturated carbocycles. The van der Waals surface area contributed by atoms with E-state index < -0.39 is 5.41 Å². The summed E-state index contributed by atoms with van der Waals surface area (Å²) in [5.41, 5.74) is 5.06. The minimum atomic E-state index is -0.528. The minimum absolute atomic E-state index is 0.0938. The number of anilines is 1. The Kier molecular flexibility index (Phi) is 3.76. The van der Waals surface area contributed by atoms with Gasteiger partial charge in [0.2, 0.25) is 11.0 Å². The molecular weight excluding hydrogens is 212 g/mol. The van der Waals surface area contributed by atoms with Crippen molar-refractivity contribution in [2.75, 3.05) is 11.9 Å². The molecule has 5 nitrogen and oxygen atoms in total. The molecule has 0 spiro atoms. The van der Waals surface area contributed by atoms with Crippen LogP contribution in [-0.2, 0) is 4.79 Å². The molecule has 1 heterocycles. The number of aromatic nitrogens is 2. The maximum atomic E-state index is 11.9. The van der Waals surface area contributed by atoms with Crippen LogP contribution in [0.1, 0.15) is 25.3 Å². The number of hydrogen-bond donors (Lipinski definition) is 2. The first-order valence-corrected chi connectivity index (χ1v) is 5.65. The van der Waals surface area contributed by atoms with E-state index in [1.54, 1.807) is 0 Å². The van der Waals surface area contributed by atoms with E-state index in [0.717, 1.165) is 5.01 Å². The van der Waals surface area contributed by atoms with Gasteiger partial charge in [-0.2, -0.15) is 0 Å². The van der Waals surface area contributed by atoms with Crippen LogP contribution >= 0.6 is 11.3 Å². The third-order valence-electron chi connectivity index (χ3n) is 2.53. The Morgan fingerprint density at radius 3 is 2.67 bits per heavy atom. The summed E-state index contributed by atoms with van der Waals surface area (Å²) in [6.07, 6.45) is 0.702. The Morgan fingerprint density at radius 2 is 2.27 bits per heavy atom. The maximum absolute atomic E-state index is 11.9. The summed E-state index contributed by atoms with van der Waals surface area (Å²) in [6, 6.07) is 0. The van der Waals surface area contributed by atoms with Crippen LogP contribution in [-0.4, -0.2) is 22.6 Å². The van der Waals surface area contributed by atoms with E-state index in [9.17, 15) is 4.79 Å². The smallest absolute Gasteiger partial charge is 0.233 e. The summed E-state index contributed by atoms with van der Waals surface area (Å²) in [6.45, 7) is 5.95. The lowest BCUT2D eigenvalue weighted by atomic mass is 9.87. The summed E-state index contributed by atoms with van der Waals surface area (Å²) in [5, 5.41) is 11.8. The predicted molar refractivity (Wildman–Crippen MR) is 60.7 cm³/mol. The second-order valence-corrected chi connectivity index (χ2v) is 4.88. The Hall–Kier alpha value is -1.01. The summed E-state index contributed by atoms with van der Waals surface area (Å²) >= 11 is 1.36. The lowest BCUT2D eigenvalue weighted by Gasteiger charge is -2.23. The molecule has 15 heavy (non-hydrogen) atoms. The highest BCUT2D eigenvalue weighted by Gasteiger charge is 2.30. The molecule has 1 aromatic heterocycles. The van der Waals surface area contributed by atoms with Gasteiger partial charge in [-0.3, -0.25) is 4.79 Å². The van der Waals surface area contributed by atoms with Crippen LogP contribution in [0, 0.1) is 12.3 Å². The molecule has 0 aliphatic rings. The second kappa shape index (κ2) is 4.67. The van der Waals surface area contributed by atoms with Crippen LogP contribution < -0.4 is 11.1 Å². The molecule has 6 heteroatoms. The number of rotatable bonds is 4. The number of nitrogens with two attached hydrogens (primary N) is 1. The molecule has 1 unspecified atom stereocenters. The second-order valence-electron chi connectivity index (χ2n) is 3.70. The molecule has 3 N–H and O–H groups in total. The summed E-state index contributed by atoms with van der Waals surface area (Å²) < 4.78 is 0. The minimum Gasteiger partial charge on any atom is -0.329 e. The average Bonchev–Trinajstić information content (AvgIpc) is 2.62. The van der Waals surface area contributed by atoms with E-state index in [-0.39, 0.29) is 5.91 Å². The zero-order valence-electron chi connectivity index (χ0n) is 9.20. The van der Waals surface area contributed by atoms with E-state index in [2.05, 4.69) is 15.5 Å². The highest BCUT2D eigenvalue weighted by Crippen LogP contribution is 2.23. The largest absolute Gasteiger partial charge is 0.329 e. The van der Waals surface area contributed by atoms with Crippen molar-refractivity contribution in [3.8, 4) is 0 Å². The SMILES string of the molecule is CCC(C)(CN)C(=O)Nc1nnc(C)s1. The number of carbonyl (C=O) groups excluding carboxylic acids is 1. The third kappa shape index (κ3) is 2.73. The molecule has 1 amide bonds. The maximum Gasteiger partial charge on any atom is 0.233 e. The zero-order chi connectivity index (χ0) is 11.5. The summed E-state index contributed by atoms with van der Waals surface area (Å²) in [7, 11) is 0. The Morgan fingerprint density at radius 1 is 1.60 bits per heavy atom. The predicted octanol–water partition coefficient (Wildman–Crippen LogP) is 1.16. The normalized spacial score (nSPS) is 14.7. The van der Waals surface area contributed by atoms with Gasteiger partial charge in [-0.15, -0.1) is 10.2 Å². The molecule has 0 radical (unpaired) electrons. The molecule has 0 aliphatic carbocycles. The first-order valence-electron chi connectivity index (χ1n) is 4.83. The number of nitrogens with one attached hydrogen (secondary N) is 1. The number of hydrogen-bond acceptors (Lipinski definition) is 5. The van der Waals surface area contributed by atoms with Crippen LogP contribution in [0.2, 0.25) is 0 Å². The van der Waals surface area contributed by atoms with Crippen molar-refractivity contribution in [3.63, 3.8) is 0 Å². The van der Waals surface area contributed by atoms with Gasteiger partial charge >= 0.3 is 0 Å². The van der Waals surface area contributed by atoms with Gasteiger partial charge in [0.25, 0.3) is 0 Å². The van der Waals surface area contributed by atoms with Gasteiger partial charge in [-0.05, 0) is 20.3 Å². The van der Waals surface area contributed by atoms with Crippen molar-refractivity contribution in [2.24, 2.45) is 11.1 Å². The fourth-order valence-corrected chi connectivity index (χ4v) is 1.58. The van der Waals surface area contributed by atoms with Crippen molar-refractivity contribution in [1.82, 2.24) is 10.2 Å². The average molecular weight is 228 g/mol. The first kappa shape index (κ1) is 12.1. The van der Waals surface area contributed by atoms with Crippen LogP contribution in [0.15, 0.2) is 0 Å². The molecule has 0 fully saturated rings. The topological polar surface area (TPSA) is 80.9 Å². The molecular formula is C9H16N4OS. The molecule has 1 rings (SSSR count). The van der Waals surface area contributed by atoms with Crippen LogP contribution in [0.25, 0.3) is 0 Å². The molecule has 0 bridgehead atoms.